The summed E-state index contributed by atoms with van der Waals surface area (Å²) in [5.41, 5.74) is 8.30. The van der Waals surface area contributed by atoms with E-state index in [4.69, 9.17) is 15.6 Å². The molecule has 4 N–H and O–H groups in total. The normalized spacial score (nSPS) is 12.2. The highest BCUT2D eigenvalue weighted by atomic mass is 19.3. The zero-order chi connectivity index (χ0) is 27.4. The summed E-state index contributed by atoms with van der Waals surface area (Å²) in [7, 11) is 0. The Labute approximate surface area is 216 Å². The quantitative estimate of drug-likeness (QED) is 0.282. The van der Waals surface area contributed by atoms with Gasteiger partial charge in [-0.3, -0.25) is 4.98 Å². The third-order valence-corrected chi connectivity index (χ3v) is 5.69. The minimum absolute atomic E-state index is 0.00497. The number of nitrogen functional groups attached to an aromatic ring is 1. The van der Waals surface area contributed by atoms with Crippen molar-refractivity contribution in [2.45, 2.75) is 45.9 Å². The van der Waals surface area contributed by atoms with Gasteiger partial charge in [0, 0.05) is 11.3 Å². The minimum atomic E-state index is -2.82. The average molecular weight is 530 g/mol. The van der Waals surface area contributed by atoms with E-state index < -0.39 is 30.6 Å². The number of nitrogens with two attached hydrogens (primary N) is 1. The Morgan fingerprint density at radius 2 is 1.82 bits per heavy atom. The van der Waals surface area contributed by atoms with E-state index in [1.165, 1.54) is 35.0 Å². The smallest absolute Gasteiger partial charge is 0.280 e. The summed E-state index contributed by atoms with van der Waals surface area (Å²) in [6.07, 6.45) is -3.33. The van der Waals surface area contributed by atoms with Gasteiger partial charge >= 0.3 is 0 Å². The van der Waals surface area contributed by atoms with Crippen molar-refractivity contribution < 1.29 is 28.1 Å². The van der Waals surface area contributed by atoms with E-state index in [1.54, 1.807) is 13.0 Å². The van der Waals surface area contributed by atoms with Gasteiger partial charge < -0.3 is 20.7 Å². The Balaban J connectivity index is 1.82. The molecule has 200 valence electrons. The van der Waals surface area contributed by atoms with Gasteiger partial charge in [-0.25, -0.2) is 22.8 Å². The second-order valence-corrected chi connectivity index (χ2v) is 8.48. The second-order valence-electron chi connectivity index (χ2n) is 8.48. The van der Waals surface area contributed by atoms with Crippen LogP contribution in [0.5, 0.6) is 5.88 Å². The number of aryl methyl sites for hydroxylation is 1. The van der Waals surface area contributed by atoms with Crippen LogP contribution in [0.15, 0.2) is 36.4 Å². The number of pyridine rings is 1. The summed E-state index contributed by atoms with van der Waals surface area (Å²) >= 11 is 0. The van der Waals surface area contributed by atoms with Gasteiger partial charge in [-0.1, -0.05) is 12.1 Å². The molecule has 3 aromatic heterocycles. The van der Waals surface area contributed by atoms with Crippen LogP contribution in [0.25, 0.3) is 22.4 Å². The van der Waals surface area contributed by atoms with E-state index in [-0.39, 0.29) is 36.2 Å². The maximum atomic E-state index is 13.6. The number of nitrogens with zero attached hydrogens (tertiary/aromatic N) is 6. The highest BCUT2D eigenvalue weighted by molar-refractivity contribution is 5.85. The SMILES string of the molecule is CCc1c(COc2nc(N)nc(-c3ccc(F)cc3)c2-c2cc(C)nc(C(F)F)c2)nnn1C[C@@H](O)CO. The van der Waals surface area contributed by atoms with Crippen LogP contribution in [0.4, 0.5) is 19.1 Å². The number of hydrogen-bond acceptors (Lipinski definition) is 9. The molecule has 4 rings (SSSR count). The summed E-state index contributed by atoms with van der Waals surface area (Å²) in [6, 6.07) is 8.26. The molecule has 0 aliphatic rings. The number of anilines is 1. The lowest BCUT2D eigenvalue weighted by Gasteiger charge is -2.16. The standard InChI is InChI=1S/C25H26F3N7O3/c1-3-20-19(33-34-35(20)10-17(37)11-36)12-38-24-21(15-8-13(2)30-18(9-15)23(27)28)22(31-25(29)32-24)14-4-6-16(26)7-5-14/h4-9,17,23,36-37H,3,10-12H2,1-2H3,(H2,29,31,32)/t17-/m1/s1. The Hall–Kier alpha value is -4.10. The number of aliphatic hydroxyl groups excluding tert-OH is 2. The van der Waals surface area contributed by atoms with Crippen LogP contribution in [-0.2, 0) is 19.6 Å². The molecule has 1 atom stereocenters. The first-order valence-electron chi connectivity index (χ1n) is 11.7. The molecule has 4 aromatic rings. The number of aromatic nitrogens is 6. The Bertz CT molecular complexity index is 1410. The van der Waals surface area contributed by atoms with E-state index in [0.717, 1.165) is 0 Å². The molecule has 10 nitrogen and oxygen atoms in total. The predicted octanol–water partition coefficient (Wildman–Crippen LogP) is 3.26. The number of hydrogen-bond donors (Lipinski definition) is 3. The first-order valence-corrected chi connectivity index (χ1v) is 11.7. The largest absolute Gasteiger partial charge is 0.470 e. The summed E-state index contributed by atoms with van der Waals surface area (Å²) in [5.74, 6) is -0.613. The van der Waals surface area contributed by atoms with Gasteiger partial charge in [0.05, 0.1) is 36.2 Å². The third-order valence-electron chi connectivity index (χ3n) is 5.69. The molecule has 0 unspecified atom stereocenters. The van der Waals surface area contributed by atoms with Gasteiger partial charge in [0.2, 0.25) is 11.8 Å². The Morgan fingerprint density at radius 3 is 2.47 bits per heavy atom. The summed E-state index contributed by atoms with van der Waals surface area (Å²) in [5, 5.41) is 27.1. The van der Waals surface area contributed by atoms with Crippen LogP contribution in [0.1, 0.15) is 36.1 Å². The van der Waals surface area contributed by atoms with Gasteiger partial charge in [-0.05, 0) is 55.3 Å². The molecule has 0 bridgehead atoms. The average Bonchev–Trinajstić information content (AvgIpc) is 3.28. The number of halogens is 3. The van der Waals surface area contributed by atoms with Gasteiger partial charge in [0.1, 0.15) is 23.8 Å². The summed E-state index contributed by atoms with van der Waals surface area (Å²) in [4.78, 5) is 12.5. The fourth-order valence-corrected chi connectivity index (χ4v) is 4.00. The Kier molecular flexibility index (Phi) is 8.17. The van der Waals surface area contributed by atoms with Crippen molar-refractivity contribution in [2.75, 3.05) is 12.3 Å². The van der Waals surface area contributed by atoms with Crippen LogP contribution in [-0.4, -0.2) is 52.9 Å². The van der Waals surface area contributed by atoms with Crippen LogP contribution in [0.2, 0.25) is 0 Å². The second kappa shape index (κ2) is 11.5. The molecule has 0 amide bonds. The van der Waals surface area contributed by atoms with Crippen LogP contribution < -0.4 is 10.5 Å². The molecule has 3 heterocycles. The first-order chi connectivity index (χ1) is 18.2. The fraction of sp³-hybridized carbons (Fsp3) is 0.320. The summed E-state index contributed by atoms with van der Waals surface area (Å²) in [6.45, 7) is 2.95. The van der Waals surface area contributed by atoms with Crippen molar-refractivity contribution in [2.24, 2.45) is 0 Å². The molecule has 38 heavy (non-hydrogen) atoms. The van der Waals surface area contributed by atoms with Crippen molar-refractivity contribution in [3.05, 3.63) is 65.0 Å². The predicted molar refractivity (Wildman–Crippen MR) is 132 cm³/mol. The molecule has 0 aliphatic heterocycles. The number of ether oxygens (including phenoxy) is 1. The molecular formula is C25H26F3N7O3. The molecule has 0 fully saturated rings. The zero-order valence-corrected chi connectivity index (χ0v) is 20.6. The van der Waals surface area contributed by atoms with Crippen molar-refractivity contribution >= 4 is 5.95 Å². The summed E-state index contributed by atoms with van der Waals surface area (Å²) < 4.78 is 48.4. The molecule has 0 aliphatic carbocycles. The fourth-order valence-electron chi connectivity index (χ4n) is 4.00. The molecular weight excluding hydrogens is 503 g/mol. The maximum absolute atomic E-state index is 13.6. The molecule has 0 radical (unpaired) electrons. The van der Waals surface area contributed by atoms with Crippen molar-refractivity contribution in [3.8, 4) is 28.3 Å². The Morgan fingerprint density at radius 1 is 1.08 bits per heavy atom. The van der Waals surface area contributed by atoms with E-state index in [1.807, 2.05) is 6.92 Å². The number of alkyl halides is 2. The van der Waals surface area contributed by atoms with E-state index in [0.29, 0.717) is 34.6 Å². The monoisotopic (exact) mass is 529 g/mol. The molecule has 0 saturated carbocycles. The van der Waals surface area contributed by atoms with Crippen LogP contribution in [0.3, 0.4) is 0 Å². The van der Waals surface area contributed by atoms with E-state index in [9.17, 15) is 18.3 Å². The number of benzene rings is 1. The van der Waals surface area contributed by atoms with Gasteiger partial charge in [-0.15, -0.1) is 5.10 Å². The van der Waals surface area contributed by atoms with Crippen molar-refractivity contribution in [3.63, 3.8) is 0 Å². The topological polar surface area (TPSA) is 145 Å². The van der Waals surface area contributed by atoms with Gasteiger partial charge in [-0.2, -0.15) is 4.98 Å². The number of rotatable bonds is 10. The lowest BCUT2D eigenvalue weighted by molar-refractivity contribution is 0.0770. The van der Waals surface area contributed by atoms with Crippen molar-refractivity contribution in [1.82, 2.24) is 29.9 Å². The maximum Gasteiger partial charge on any atom is 0.280 e. The molecule has 1 aromatic carbocycles. The van der Waals surface area contributed by atoms with Crippen LogP contribution >= 0.6 is 0 Å². The molecule has 0 spiro atoms. The van der Waals surface area contributed by atoms with Gasteiger partial charge in [0.25, 0.3) is 6.43 Å². The molecule has 0 saturated heterocycles. The number of aliphatic hydroxyl groups is 2. The lowest BCUT2D eigenvalue weighted by Crippen LogP contribution is -2.22. The van der Waals surface area contributed by atoms with Gasteiger partial charge in [0.15, 0.2) is 0 Å². The lowest BCUT2D eigenvalue weighted by atomic mass is 9.99. The van der Waals surface area contributed by atoms with E-state index in [2.05, 4.69) is 25.3 Å². The molecule has 13 heteroatoms. The zero-order valence-electron chi connectivity index (χ0n) is 20.6. The van der Waals surface area contributed by atoms with E-state index >= 15 is 0 Å². The van der Waals surface area contributed by atoms with Crippen LogP contribution in [0, 0.1) is 12.7 Å². The van der Waals surface area contributed by atoms with Crippen molar-refractivity contribution in [1.29, 1.82) is 0 Å². The minimum Gasteiger partial charge on any atom is -0.470 e. The third kappa shape index (κ3) is 5.89. The highest BCUT2D eigenvalue weighted by Gasteiger charge is 2.23. The first kappa shape index (κ1) is 26.9. The highest BCUT2D eigenvalue weighted by Crippen LogP contribution is 2.39.